The normalized spacial score (nSPS) is 17.9. The number of likely N-dealkylation sites (N-methyl/N-ethyl adjacent to an activating group) is 1. The highest BCUT2D eigenvalue weighted by molar-refractivity contribution is 6.35. The van der Waals surface area contributed by atoms with Gasteiger partial charge in [-0.3, -0.25) is 14.5 Å². The van der Waals surface area contributed by atoms with Gasteiger partial charge in [-0.2, -0.15) is 0 Å². The Kier molecular flexibility index (Phi) is 6.85. The molecule has 32 heavy (non-hydrogen) atoms. The van der Waals surface area contributed by atoms with Crippen molar-refractivity contribution in [3.63, 3.8) is 0 Å². The Hall–Kier alpha value is -2.97. The molecule has 4 amide bonds. The number of methoxy groups -OCH3 is 2. The van der Waals surface area contributed by atoms with Crippen molar-refractivity contribution in [2.24, 2.45) is 0 Å². The lowest BCUT2D eigenvalue weighted by molar-refractivity contribution is -0.138. The fourth-order valence-electron chi connectivity index (χ4n) is 3.60. The molecule has 1 aliphatic heterocycles. The van der Waals surface area contributed by atoms with E-state index in [1.54, 1.807) is 37.4 Å². The van der Waals surface area contributed by atoms with E-state index >= 15 is 0 Å². The van der Waals surface area contributed by atoms with Crippen LogP contribution in [0.2, 0.25) is 10.0 Å². The zero-order chi connectivity index (χ0) is 23.6. The van der Waals surface area contributed by atoms with Crippen LogP contribution < -0.4 is 14.8 Å². The molecule has 0 bridgehead atoms. The molecule has 1 N–H and O–H groups in total. The minimum Gasteiger partial charge on any atom is -0.493 e. The standard InChI is InChI=1S/C22H23Cl2N3O5/c1-22(15-9-8-14(23)10-16(15)24)20(29)27(21(30)25-22)12-18(28)26(2)11-13-6-5-7-17(31-3)19(13)32-4/h5-10H,11-12H2,1-4H3,(H,25,30)/t22-/m0/s1. The Balaban J connectivity index is 1.76. The predicted molar refractivity (Wildman–Crippen MR) is 120 cm³/mol. The first kappa shape index (κ1) is 23.7. The Morgan fingerprint density at radius 2 is 1.88 bits per heavy atom. The van der Waals surface area contributed by atoms with E-state index in [1.165, 1.54) is 32.1 Å². The van der Waals surface area contributed by atoms with Crippen molar-refractivity contribution in [2.45, 2.75) is 19.0 Å². The molecule has 8 nitrogen and oxygen atoms in total. The lowest BCUT2D eigenvalue weighted by Crippen LogP contribution is -2.43. The van der Waals surface area contributed by atoms with Gasteiger partial charge in [0.15, 0.2) is 11.5 Å². The molecule has 1 saturated heterocycles. The first-order valence-corrected chi connectivity index (χ1v) is 10.4. The quantitative estimate of drug-likeness (QED) is 0.614. The summed E-state index contributed by atoms with van der Waals surface area (Å²) >= 11 is 12.2. The van der Waals surface area contributed by atoms with Crippen molar-refractivity contribution in [3.8, 4) is 11.5 Å². The molecule has 2 aromatic carbocycles. The van der Waals surface area contributed by atoms with Gasteiger partial charge in [0.05, 0.1) is 14.2 Å². The average molecular weight is 480 g/mol. The van der Waals surface area contributed by atoms with Crippen LogP contribution in [0.5, 0.6) is 11.5 Å². The number of nitrogens with zero attached hydrogens (tertiary/aromatic N) is 2. The molecule has 1 atom stereocenters. The molecule has 0 radical (unpaired) electrons. The summed E-state index contributed by atoms with van der Waals surface area (Å²) in [6, 6.07) is 9.31. The minimum atomic E-state index is -1.41. The Morgan fingerprint density at radius 3 is 2.50 bits per heavy atom. The van der Waals surface area contributed by atoms with Crippen LogP contribution in [-0.2, 0) is 21.7 Å². The van der Waals surface area contributed by atoms with Gasteiger partial charge in [0.1, 0.15) is 12.1 Å². The van der Waals surface area contributed by atoms with Crippen LogP contribution in [0.1, 0.15) is 18.1 Å². The van der Waals surface area contributed by atoms with Crippen LogP contribution >= 0.6 is 23.2 Å². The summed E-state index contributed by atoms with van der Waals surface area (Å²) in [5.74, 6) is 0.0439. The third kappa shape index (κ3) is 4.33. The molecule has 0 spiro atoms. The number of rotatable bonds is 7. The highest BCUT2D eigenvalue weighted by atomic mass is 35.5. The monoisotopic (exact) mass is 479 g/mol. The van der Waals surface area contributed by atoms with Gasteiger partial charge in [-0.25, -0.2) is 4.79 Å². The Bertz CT molecular complexity index is 1080. The van der Waals surface area contributed by atoms with E-state index in [9.17, 15) is 14.4 Å². The smallest absolute Gasteiger partial charge is 0.325 e. The summed E-state index contributed by atoms with van der Waals surface area (Å²) in [5, 5.41) is 3.28. The lowest BCUT2D eigenvalue weighted by atomic mass is 9.92. The number of carbonyl (C=O) groups excluding carboxylic acids is 3. The van der Waals surface area contributed by atoms with E-state index in [0.717, 1.165) is 10.5 Å². The van der Waals surface area contributed by atoms with Gasteiger partial charge in [0, 0.05) is 34.8 Å². The maximum Gasteiger partial charge on any atom is 0.325 e. The van der Waals surface area contributed by atoms with E-state index in [4.69, 9.17) is 32.7 Å². The molecule has 2 aromatic rings. The molecular formula is C22H23Cl2N3O5. The number of hydrogen-bond acceptors (Lipinski definition) is 5. The van der Waals surface area contributed by atoms with E-state index in [2.05, 4.69) is 5.32 Å². The molecule has 0 unspecified atom stereocenters. The van der Waals surface area contributed by atoms with E-state index in [-0.39, 0.29) is 11.6 Å². The summed E-state index contributed by atoms with van der Waals surface area (Å²) in [5.41, 5.74) is -0.294. The number of imide groups is 1. The number of hydrogen-bond donors (Lipinski definition) is 1. The van der Waals surface area contributed by atoms with Gasteiger partial charge >= 0.3 is 6.03 Å². The lowest BCUT2D eigenvalue weighted by Gasteiger charge is -2.24. The molecular weight excluding hydrogens is 457 g/mol. The average Bonchev–Trinajstić information content (AvgIpc) is 2.96. The van der Waals surface area contributed by atoms with Gasteiger partial charge in [0.2, 0.25) is 5.91 Å². The summed E-state index contributed by atoms with van der Waals surface area (Å²) in [6.45, 7) is 1.31. The molecule has 0 aromatic heterocycles. The molecule has 1 aliphatic rings. The van der Waals surface area contributed by atoms with Crippen LogP contribution in [0.3, 0.4) is 0 Å². The van der Waals surface area contributed by atoms with Gasteiger partial charge < -0.3 is 19.7 Å². The van der Waals surface area contributed by atoms with E-state index in [1.807, 2.05) is 0 Å². The second-order valence-corrected chi connectivity index (χ2v) is 8.32. The Morgan fingerprint density at radius 1 is 1.16 bits per heavy atom. The predicted octanol–water partition coefficient (Wildman–Crippen LogP) is 3.44. The fourth-order valence-corrected chi connectivity index (χ4v) is 4.19. The largest absolute Gasteiger partial charge is 0.493 e. The summed E-state index contributed by atoms with van der Waals surface area (Å²) in [6.07, 6.45) is 0. The number of para-hydroxylation sites is 1. The summed E-state index contributed by atoms with van der Waals surface area (Å²) in [4.78, 5) is 40.8. The van der Waals surface area contributed by atoms with Crippen LogP contribution in [0.15, 0.2) is 36.4 Å². The van der Waals surface area contributed by atoms with Crippen molar-refractivity contribution in [1.29, 1.82) is 0 Å². The maximum atomic E-state index is 13.1. The first-order chi connectivity index (χ1) is 15.1. The van der Waals surface area contributed by atoms with Crippen molar-refractivity contribution in [1.82, 2.24) is 15.1 Å². The van der Waals surface area contributed by atoms with Crippen LogP contribution in [0, 0.1) is 0 Å². The topological polar surface area (TPSA) is 88.2 Å². The molecule has 10 heteroatoms. The number of ether oxygens (including phenoxy) is 2. The highest BCUT2D eigenvalue weighted by Crippen LogP contribution is 2.35. The van der Waals surface area contributed by atoms with Crippen LogP contribution in [0.25, 0.3) is 0 Å². The van der Waals surface area contributed by atoms with Gasteiger partial charge in [0.25, 0.3) is 5.91 Å². The Labute approximate surface area is 196 Å². The molecule has 1 fully saturated rings. The van der Waals surface area contributed by atoms with Crippen molar-refractivity contribution < 1.29 is 23.9 Å². The SMILES string of the molecule is COc1cccc(CN(C)C(=O)CN2C(=O)N[C@@](C)(c3ccc(Cl)cc3Cl)C2=O)c1OC. The molecule has 0 aliphatic carbocycles. The molecule has 1 heterocycles. The molecule has 0 saturated carbocycles. The third-order valence-electron chi connectivity index (χ3n) is 5.36. The van der Waals surface area contributed by atoms with Crippen molar-refractivity contribution >= 4 is 41.0 Å². The van der Waals surface area contributed by atoms with Gasteiger partial charge in [-0.1, -0.05) is 41.4 Å². The maximum absolute atomic E-state index is 13.1. The summed E-state index contributed by atoms with van der Waals surface area (Å²) < 4.78 is 10.7. The molecule has 170 valence electrons. The zero-order valence-corrected chi connectivity index (χ0v) is 19.6. The minimum absolute atomic E-state index is 0.198. The fraction of sp³-hybridized carbons (Fsp3) is 0.318. The second kappa shape index (κ2) is 9.26. The number of nitrogens with one attached hydrogen (secondary N) is 1. The van der Waals surface area contributed by atoms with Gasteiger partial charge in [-0.05, 0) is 25.1 Å². The number of benzene rings is 2. The van der Waals surface area contributed by atoms with Crippen molar-refractivity contribution in [2.75, 3.05) is 27.8 Å². The van der Waals surface area contributed by atoms with E-state index in [0.29, 0.717) is 22.1 Å². The number of halogens is 2. The third-order valence-corrected chi connectivity index (χ3v) is 5.90. The highest BCUT2D eigenvalue weighted by Gasteiger charge is 2.50. The summed E-state index contributed by atoms with van der Waals surface area (Å²) in [7, 11) is 4.62. The molecule has 3 rings (SSSR count). The van der Waals surface area contributed by atoms with Crippen LogP contribution in [-0.4, -0.2) is 55.5 Å². The zero-order valence-electron chi connectivity index (χ0n) is 18.1. The number of amides is 4. The van der Waals surface area contributed by atoms with Crippen molar-refractivity contribution in [3.05, 3.63) is 57.6 Å². The number of carbonyl (C=O) groups is 3. The van der Waals surface area contributed by atoms with E-state index < -0.39 is 29.9 Å². The second-order valence-electron chi connectivity index (χ2n) is 7.47. The van der Waals surface area contributed by atoms with Crippen LogP contribution in [0.4, 0.5) is 4.79 Å². The van der Waals surface area contributed by atoms with Gasteiger partial charge in [-0.15, -0.1) is 0 Å². The first-order valence-electron chi connectivity index (χ1n) is 9.65. The number of urea groups is 1.